The Bertz CT molecular complexity index is 1090. The van der Waals surface area contributed by atoms with E-state index in [0.29, 0.717) is 23.4 Å². The Balaban J connectivity index is 1.50. The molecule has 0 aliphatic carbocycles. The summed E-state index contributed by atoms with van der Waals surface area (Å²) < 4.78 is 5.99. The van der Waals surface area contributed by atoms with Crippen molar-refractivity contribution in [1.29, 1.82) is 0 Å². The molecule has 1 saturated heterocycles. The summed E-state index contributed by atoms with van der Waals surface area (Å²) in [6, 6.07) is 7.05. The molecule has 6 nitrogen and oxygen atoms in total. The molecule has 0 bridgehead atoms. The van der Waals surface area contributed by atoms with Gasteiger partial charge in [-0.15, -0.1) is 0 Å². The standard InChI is InChI=1S/C22H21N3O3/c26-18-7-6-16-20(27)19(11-14-12-24-22-15(14)5-4-8-23-22)28-21(16)17(18)13-25-9-2-1-3-10-25/h4-8,11-12,26H,1-3,9-10,13H2,(H,23,24)/b19-11-. The number of piperidine rings is 1. The van der Waals surface area contributed by atoms with Gasteiger partial charge in [-0.3, -0.25) is 9.69 Å². The number of hydrogen-bond donors (Lipinski definition) is 2. The second-order valence-electron chi connectivity index (χ2n) is 7.36. The van der Waals surface area contributed by atoms with E-state index < -0.39 is 0 Å². The highest BCUT2D eigenvalue weighted by Gasteiger charge is 2.32. The molecule has 0 spiro atoms. The number of carbonyl (C=O) groups is 1. The summed E-state index contributed by atoms with van der Waals surface area (Å²) in [4.78, 5) is 22.6. The number of ketones is 1. The summed E-state index contributed by atoms with van der Waals surface area (Å²) in [6.45, 7) is 2.59. The Kier molecular flexibility index (Phi) is 4.13. The van der Waals surface area contributed by atoms with E-state index >= 15 is 0 Å². The monoisotopic (exact) mass is 375 g/mol. The summed E-state index contributed by atoms with van der Waals surface area (Å²) in [6.07, 6.45) is 8.85. The van der Waals surface area contributed by atoms with Crippen molar-refractivity contribution in [2.24, 2.45) is 0 Å². The number of aromatic hydroxyl groups is 1. The number of hydrogen-bond acceptors (Lipinski definition) is 5. The second kappa shape index (κ2) is 6.80. The van der Waals surface area contributed by atoms with Gasteiger partial charge in [-0.25, -0.2) is 4.98 Å². The highest BCUT2D eigenvalue weighted by atomic mass is 16.5. The minimum atomic E-state index is -0.159. The Morgan fingerprint density at radius 2 is 2.07 bits per heavy atom. The lowest BCUT2D eigenvalue weighted by Crippen LogP contribution is -2.29. The average Bonchev–Trinajstić information content (AvgIpc) is 3.27. The van der Waals surface area contributed by atoms with Crippen LogP contribution in [0.5, 0.6) is 11.5 Å². The first-order valence-electron chi connectivity index (χ1n) is 9.64. The van der Waals surface area contributed by atoms with Crippen LogP contribution in [0, 0.1) is 0 Å². The van der Waals surface area contributed by atoms with Crippen LogP contribution in [-0.2, 0) is 6.54 Å². The minimum absolute atomic E-state index is 0.159. The van der Waals surface area contributed by atoms with Gasteiger partial charge in [0.15, 0.2) is 5.76 Å². The van der Waals surface area contributed by atoms with E-state index in [9.17, 15) is 9.90 Å². The molecule has 28 heavy (non-hydrogen) atoms. The van der Waals surface area contributed by atoms with Crippen LogP contribution in [0.2, 0.25) is 0 Å². The third-order valence-corrected chi connectivity index (χ3v) is 5.52. The molecule has 0 radical (unpaired) electrons. The lowest BCUT2D eigenvalue weighted by atomic mass is 10.0. The third-order valence-electron chi connectivity index (χ3n) is 5.52. The Hall–Kier alpha value is -3.12. The van der Waals surface area contributed by atoms with Gasteiger partial charge in [0, 0.05) is 29.9 Å². The van der Waals surface area contributed by atoms with Crippen LogP contribution in [-0.4, -0.2) is 38.8 Å². The summed E-state index contributed by atoms with van der Waals surface area (Å²) >= 11 is 0. The zero-order chi connectivity index (χ0) is 19.1. The molecule has 1 aromatic carbocycles. The van der Waals surface area contributed by atoms with Crippen molar-refractivity contribution in [3.8, 4) is 11.5 Å². The molecular weight excluding hydrogens is 354 g/mol. The van der Waals surface area contributed by atoms with E-state index in [1.807, 2.05) is 18.3 Å². The van der Waals surface area contributed by atoms with Gasteiger partial charge in [0.2, 0.25) is 5.78 Å². The first-order valence-corrected chi connectivity index (χ1v) is 9.64. The number of nitrogens with one attached hydrogen (secondary N) is 1. The predicted octanol–water partition coefficient (Wildman–Crippen LogP) is 3.87. The topological polar surface area (TPSA) is 78.5 Å². The summed E-state index contributed by atoms with van der Waals surface area (Å²) in [5.74, 6) is 0.771. The van der Waals surface area contributed by atoms with Gasteiger partial charge in [0.25, 0.3) is 0 Å². The molecule has 4 heterocycles. The molecule has 5 rings (SSSR count). The molecule has 0 amide bonds. The molecule has 2 aliphatic heterocycles. The van der Waals surface area contributed by atoms with E-state index in [1.54, 1.807) is 24.4 Å². The Morgan fingerprint density at radius 3 is 2.93 bits per heavy atom. The number of Topliss-reactive ketones (excluding diaryl/α,β-unsaturated/α-hetero) is 1. The number of pyridine rings is 1. The van der Waals surface area contributed by atoms with Gasteiger partial charge in [-0.2, -0.15) is 0 Å². The van der Waals surface area contributed by atoms with Crippen LogP contribution in [0.25, 0.3) is 17.1 Å². The van der Waals surface area contributed by atoms with Crippen molar-refractivity contribution in [3.05, 3.63) is 59.1 Å². The van der Waals surface area contributed by atoms with Gasteiger partial charge in [0.1, 0.15) is 17.1 Å². The van der Waals surface area contributed by atoms with Gasteiger partial charge < -0.3 is 14.8 Å². The predicted molar refractivity (Wildman–Crippen MR) is 106 cm³/mol. The summed E-state index contributed by atoms with van der Waals surface area (Å²) in [7, 11) is 0. The van der Waals surface area contributed by atoms with Crippen LogP contribution in [0.3, 0.4) is 0 Å². The molecule has 1 fully saturated rings. The molecule has 0 atom stereocenters. The van der Waals surface area contributed by atoms with Gasteiger partial charge in [-0.05, 0) is 56.3 Å². The normalized spacial score (nSPS) is 18.6. The smallest absolute Gasteiger partial charge is 0.231 e. The largest absolute Gasteiger partial charge is 0.507 e. The van der Waals surface area contributed by atoms with Gasteiger partial charge in [-0.1, -0.05) is 6.42 Å². The highest BCUT2D eigenvalue weighted by Crippen LogP contribution is 2.40. The third kappa shape index (κ3) is 2.86. The minimum Gasteiger partial charge on any atom is -0.507 e. The fourth-order valence-electron chi connectivity index (χ4n) is 4.03. The quantitative estimate of drug-likeness (QED) is 0.680. The van der Waals surface area contributed by atoms with Gasteiger partial charge in [0.05, 0.1) is 11.1 Å². The van der Waals surface area contributed by atoms with Crippen LogP contribution >= 0.6 is 0 Å². The number of nitrogens with zero attached hydrogens (tertiary/aromatic N) is 2. The van der Waals surface area contributed by atoms with E-state index in [0.717, 1.165) is 42.5 Å². The molecule has 6 heteroatoms. The number of fused-ring (bicyclic) bond motifs is 2. The van der Waals surface area contributed by atoms with Crippen molar-refractivity contribution >= 4 is 22.9 Å². The number of allylic oxidation sites excluding steroid dienone is 1. The number of phenols is 1. The SMILES string of the molecule is O=C1/C(=C/c2c[nH]c3ncccc23)Oc2c1ccc(O)c2CN1CCCCC1. The van der Waals surface area contributed by atoms with E-state index in [4.69, 9.17) is 4.74 Å². The van der Waals surface area contributed by atoms with E-state index in [1.165, 1.54) is 6.42 Å². The van der Waals surface area contributed by atoms with Crippen LogP contribution in [0.1, 0.15) is 40.7 Å². The number of ether oxygens (including phenoxy) is 1. The average molecular weight is 375 g/mol. The number of aromatic amines is 1. The fourth-order valence-corrected chi connectivity index (χ4v) is 4.03. The lowest BCUT2D eigenvalue weighted by Gasteiger charge is -2.27. The zero-order valence-corrected chi connectivity index (χ0v) is 15.4. The number of phenolic OH excluding ortho intramolecular Hbond substituents is 1. The van der Waals surface area contributed by atoms with Crippen LogP contribution in [0.4, 0.5) is 0 Å². The zero-order valence-electron chi connectivity index (χ0n) is 15.4. The van der Waals surface area contributed by atoms with Crippen LogP contribution in [0.15, 0.2) is 42.4 Å². The number of aromatic nitrogens is 2. The lowest BCUT2D eigenvalue weighted by molar-refractivity contribution is 0.101. The molecule has 142 valence electrons. The summed E-state index contributed by atoms with van der Waals surface area (Å²) in [5, 5.41) is 11.4. The number of benzene rings is 1. The maximum Gasteiger partial charge on any atom is 0.231 e. The van der Waals surface area contributed by atoms with Crippen molar-refractivity contribution in [2.75, 3.05) is 13.1 Å². The number of likely N-dealkylation sites (tertiary alicyclic amines) is 1. The second-order valence-corrected chi connectivity index (χ2v) is 7.36. The van der Waals surface area contributed by atoms with Crippen molar-refractivity contribution in [3.63, 3.8) is 0 Å². The van der Waals surface area contributed by atoms with Crippen LogP contribution < -0.4 is 4.74 Å². The molecule has 0 saturated carbocycles. The molecule has 2 N–H and O–H groups in total. The number of H-pyrrole nitrogens is 1. The highest BCUT2D eigenvalue weighted by molar-refractivity contribution is 6.15. The number of carbonyl (C=O) groups excluding carboxylic acids is 1. The van der Waals surface area contributed by atoms with Gasteiger partial charge >= 0.3 is 0 Å². The van der Waals surface area contributed by atoms with Crippen molar-refractivity contribution in [1.82, 2.24) is 14.9 Å². The summed E-state index contributed by atoms with van der Waals surface area (Å²) in [5.41, 5.74) is 2.81. The van der Waals surface area contributed by atoms with Crippen molar-refractivity contribution < 1.29 is 14.6 Å². The first kappa shape index (κ1) is 17.0. The molecule has 3 aromatic rings. The molecular formula is C22H21N3O3. The maximum absolute atomic E-state index is 12.9. The molecule has 2 aromatic heterocycles. The molecule has 0 unspecified atom stereocenters. The fraction of sp³-hybridized carbons (Fsp3) is 0.273. The molecule has 2 aliphatic rings. The Labute approximate surface area is 162 Å². The number of rotatable bonds is 3. The van der Waals surface area contributed by atoms with Crippen molar-refractivity contribution in [2.45, 2.75) is 25.8 Å². The maximum atomic E-state index is 12.9. The Morgan fingerprint density at radius 1 is 1.21 bits per heavy atom. The first-order chi connectivity index (χ1) is 13.7. The van der Waals surface area contributed by atoms with E-state index in [-0.39, 0.29) is 17.3 Å². The van der Waals surface area contributed by atoms with E-state index in [2.05, 4.69) is 14.9 Å².